The van der Waals surface area contributed by atoms with Gasteiger partial charge in [-0.3, -0.25) is 14.9 Å². The molecule has 24 heavy (non-hydrogen) atoms. The Morgan fingerprint density at radius 2 is 2.29 bits per heavy atom. The van der Waals surface area contributed by atoms with Crippen molar-refractivity contribution in [3.05, 3.63) is 24.5 Å². The predicted octanol–water partition coefficient (Wildman–Crippen LogP) is 1.87. The molecule has 6 nitrogen and oxygen atoms in total. The standard InChI is InChI=1S/C17H27N5O.HI/c1-13-10-14(12-22(13)15-5-6-15)21-17(18-2)20-8-9-23-16-4-3-7-19-11-16;/h3-4,7,11,13-15H,5-6,8-10,12H2,1-2H3,(H2,18,20,21);1H. The molecule has 1 aromatic rings. The maximum Gasteiger partial charge on any atom is 0.191 e. The van der Waals surface area contributed by atoms with Crippen LogP contribution in [0.1, 0.15) is 26.2 Å². The van der Waals surface area contributed by atoms with Crippen LogP contribution in [0.2, 0.25) is 0 Å². The van der Waals surface area contributed by atoms with Gasteiger partial charge in [0, 0.05) is 37.9 Å². The molecule has 1 aliphatic heterocycles. The molecule has 134 valence electrons. The summed E-state index contributed by atoms with van der Waals surface area (Å²) < 4.78 is 5.63. The third kappa shape index (κ3) is 5.47. The van der Waals surface area contributed by atoms with Gasteiger partial charge in [-0.25, -0.2) is 0 Å². The lowest BCUT2D eigenvalue weighted by atomic mass is 10.2. The summed E-state index contributed by atoms with van der Waals surface area (Å²) >= 11 is 0. The number of nitrogens with one attached hydrogen (secondary N) is 2. The number of nitrogens with zero attached hydrogens (tertiary/aromatic N) is 3. The summed E-state index contributed by atoms with van der Waals surface area (Å²) in [6.07, 6.45) is 7.39. The Balaban J connectivity index is 0.00000208. The first-order chi connectivity index (χ1) is 11.3. The first-order valence-corrected chi connectivity index (χ1v) is 8.52. The summed E-state index contributed by atoms with van der Waals surface area (Å²) in [4.78, 5) is 11.0. The molecule has 3 rings (SSSR count). The molecule has 1 saturated carbocycles. The zero-order valence-corrected chi connectivity index (χ0v) is 16.8. The van der Waals surface area contributed by atoms with E-state index in [-0.39, 0.29) is 24.0 Å². The van der Waals surface area contributed by atoms with Crippen molar-refractivity contribution in [2.75, 3.05) is 26.7 Å². The van der Waals surface area contributed by atoms with Crippen LogP contribution in [0.25, 0.3) is 0 Å². The Labute approximate surface area is 161 Å². The van der Waals surface area contributed by atoms with E-state index in [2.05, 4.69) is 32.4 Å². The highest BCUT2D eigenvalue weighted by atomic mass is 127. The van der Waals surface area contributed by atoms with Crippen LogP contribution in [0.3, 0.4) is 0 Å². The molecule has 1 aromatic heterocycles. The Morgan fingerprint density at radius 1 is 1.46 bits per heavy atom. The molecule has 0 amide bonds. The summed E-state index contributed by atoms with van der Waals surface area (Å²) in [5.74, 6) is 1.65. The minimum absolute atomic E-state index is 0. The second-order valence-corrected chi connectivity index (χ2v) is 6.39. The van der Waals surface area contributed by atoms with Crippen LogP contribution >= 0.6 is 24.0 Å². The van der Waals surface area contributed by atoms with Gasteiger partial charge in [0.2, 0.25) is 0 Å². The lowest BCUT2D eigenvalue weighted by molar-refractivity contribution is 0.256. The molecular formula is C17H28IN5O. The smallest absolute Gasteiger partial charge is 0.191 e. The number of halogens is 1. The minimum Gasteiger partial charge on any atom is -0.490 e. The highest BCUT2D eigenvalue weighted by Gasteiger charge is 2.38. The minimum atomic E-state index is 0. The van der Waals surface area contributed by atoms with E-state index >= 15 is 0 Å². The van der Waals surface area contributed by atoms with Gasteiger partial charge < -0.3 is 15.4 Å². The second-order valence-electron chi connectivity index (χ2n) is 6.39. The van der Waals surface area contributed by atoms with Gasteiger partial charge in [-0.15, -0.1) is 24.0 Å². The molecule has 2 atom stereocenters. The maximum atomic E-state index is 5.63. The molecule has 7 heteroatoms. The molecule has 0 bridgehead atoms. The van der Waals surface area contributed by atoms with Crippen LogP contribution in [0.4, 0.5) is 0 Å². The number of ether oxygens (including phenoxy) is 1. The van der Waals surface area contributed by atoms with Gasteiger partial charge in [-0.2, -0.15) is 0 Å². The van der Waals surface area contributed by atoms with E-state index in [1.165, 1.54) is 19.3 Å². The second kappa shape index (κ2) is 9.41. The van der Waals surface area contributed by atoms with Crippen LogP contribution in [-0.4, -0.2) is 60.7 Å². The molecule has 0 aromatic carbocycles. The van der Waals surface area contributed by atoms with E-state index in [1.807, 2.05) is 19.2 Å². The van der Waals surface area contributed by atoms with Crippen molar-refractivity contribution in [1.29, 1.82) is 0 Å². The number of pyridine rings is 1. The molecular weight excluding hydrogens is 417 g/mol. The van der Waals surface area contributed by atoms with E-state index < -0.39 is 0 Å². The van der Waals surface area contributed by atoms with Gasteiger partial charge >= 0.3 is 0 Å². The quantitative estimate of drug-likeness (QED) is 0.303. The van der Waals surface area contributed by atoms with E-state index in [4.69, 9.17) is 4.74 Å². The average molecular weight is 445 g/mol. The van der Waals surface area contributed by atoms with E-state index in [9.17, 15) is 0 Å². The molecule has 2 aliphatic rings. The van der Waals surface area contributed by atoms with Crippen molar-refractivity contribution >= 4 is 29.9 Å². The van der Waals surface area contributed by atoms with Gasteiger partial charge in [0.1, 0.15) is 12.4 Å². The lowest BCUT2D eigenvalue weighted by Crippen LogP contribution is -2.45. The van der Waals surface area contributed by atoms with Crippen LogP contribution in [-0.2, 0) is 0 Å². The first-order valence-electron chi connectivity index (χ1n) is 8.52. The number of hydrogen-bond donors (Lipinski definition) is 2. The van der Waals surface area contributed by atoms with Crippen molar-refractivity contribution in [3.8, 4) is 5.75 Å². The Hall–Kier alpha value is -1.09. The maximum absolute atomic E-state index is 5.63. The fraction of sp³-hybridized carbons (Fsp3) is 0.647. The average Bonchev–Trinajstić information content (AvgIpc) is 3.35. The fourth-order valence-electron chi connectivity index (χ4n) is 3.23. The van der Waals surface area contributed by atoms with Gasteiger partial charge in [0.05, 0.1) is 12.7 Å². The summed E-state index contributed by atoms with van der Waals surface area (Å²) in [7, 11) is 1.81. The zero-order chi connectivity index (χ0) is 16.1. The van der Waals surface area contributed by atoms with Crippen LogP contribution < -0.4 is 15.4 Å². The van der Waals surface area contributed by atoms with Crippen LogP contribution in [0.5, 0.6) is 5.75 Å². The molecule has 1 saturated heterocycles. The Kier molecular flexibility index (Phi) is 7.54. The van der Waals surface area contributed by atoms with Crippen molar-refractivity contribution < 1.29 is 4.74 Å². The number of aromatic nitrogens is 1. The summed E-state index contributed by atoms with van der Waals surface area (Å²) in [5, 5.41) is 6.85. The molecule has 2 N–H and O–H groups in total. The lowest BCUT2D eigenvalue weighted by Gasteiger charge is -2.20. The van der Waals surface area contributed by atoms with E-state index in [0.717, 1.165) is 24.3 Å². The van der Waals surface area contributed by atoms with Gasteiger partial charge in [0.15, 0.2) is 5.96 Å². The largest absolute Gasteiger partial charge is 0.490 e. The number of rotatable bonds is 6. The van der Waals surface area contributed by atoms with Crippen molar-refractivity contribution in [1.82, 2.24) is 20.5 Å². The predicted molar refractivity (Wildman–Crippen MR) is 107 cm³/mol. The molecule has 2 heterocycles. The number of aliphatic imine (C=N–C) groups is 1. The van der Waals surface area contributed by atoms with Gasteiger partial charge in [0.25, 0.3) is 0 Å². The summed E-state index contributed by atoms with van der Waals surface area (Å²) in [6.45, 7) is 4.75. The van der Waals surface area contributed by atoms with Gasteiger partial charge in [-0.1, -0.05) is 0 Å². The van der Waals surface area contributed by atoms with Crippen molar-refractivity contribution in [3.63, 3.8) is 0 Å². The number of guanidine groups is 1. The highest BCUT2D eigenvalue weighted by Crippen LogP contribution is 2.33. The van der Waals surface area contributed by atoms with Gasteiger partial charge in [-0.05, 0) is 38.3 Å². The topological polar surface area (TPSA) is 61.8 Å². The SMILES string of the molecule is CN=C(NCCOc1cccnc1)NC1CC(C)N(C2CC2)C1.I. The Bertz CT molecular complexity index is 523. The Morgan fingerprint density at radius 3 is 2.96 bits per heavy atom. The summed E-state index contributed by atoms with van der Waals surface area (Å²) in [5.41, 5.74) is 0. The van der Waals surface area contributed by atoms with Crippen molar-refractivity contribution in [2.24, 2.45) is 4.99 Å². The zero-order valence-electron chi connectivity index (χ0n) is 14.4. The van der Waals surface area contributed by atoms with Crippen LogP contribution in [0.15, 0.2) is 29.5 Å². The summed E-state index contributed by atoms with van der Waals surface area (Å²) in [6, 6.07) is 5.77. The number of hydrogen-bond acceptors (Lipinski definition) is 4. The van der Waals surface area contributed by atoms with E-state index in [0.29, 0.717) is 25.2 Å². The normalized spacial score (nSPS) is 24.3. The molecule has 1 aliphatic carbocycles. The molecule has 2 fully saturated rings. The number of likely N-dealkylation sites (tertiary alicyclic amines) is 1. The third-order valence-electron chi connectivity index (χ3n) is 4.50. The first kappa shape index (κ1) is 19.2. The van der Waals surface area contributed by atoms with E-state index in [1.54, 1.807) is 12.4 Å². The van der Waals surface area contributed by atoms with Crippen LogP contribution in [0, 0.1) is 0 Å². The molecule has 2 unspecified atom stereocenters. The molecule has 0 radical (unpaired) electrons. The highest BCUT2D eigenvalue weighted by molar-refractivity contribution is 14.0. The fourth-order valence-corrected chi connectivity index (χ4v) is 3.23. The molecule has 0 spiro atoms. The monoisotopic (exact) mass is 445 g/mol. The third-order valence-corrected chi connectivity index (χ3v) is 4.50. The van der Waals surface area contributed by atoms with Crippen molar-refractivity contribution in [2.45, 2.75) is 44.3 Å².